The van der Waals surface area contributed by atoms with Crippen LogP contribution < -0.4 is 20.6 Å². The topological polar surface area (TPSA) is 144 Å². The zero-order valence-corrected chi connectivity index (χ0v) is 22.6. The second-order valence-electron chi connectivity index (χ2n) is 10.1. The van der Waals surface area contributed by atoms with Crippen LogP contribution in [0, 0.1) is 5.41 Å². The molecule has 0 aliphatic rings. The predicted octanol–water partition coefficient (Wildman–Crippen LogP) is 3.10. The lowest BCUT2D eigenvalue weighted by Crippen LogP contribution is -2.37. The smallest absolute Gasteiger partial charge is 0.430 e. The minimum Gasteiger partial charge on any atom is -0.542 e. The summed E-state index contributed by atoms with van der Waals surface area (Å²) in [5, 5.41) is 30.5. The van der Waals surface area contributed by atoms with E-state index in [1.807, 2.05) is 41.0 Å². The maximum atomic E-state index is 13.2. The number of quaternary nitrogens is 1. The molecule has 0 spiro atoms. The highest BCUT2D eigenvalue weighted by atomic mass is 19.4. The second kappa shape index (κ2) is 12.1. The number of hydrogen-bond donors (Lipinski definition) is 4. The van der Waals surface area contributed by atoms with Crippen molar-refractivity contribution in [1.82, 2.24) is 14.4 Å². The first-order valence-corrected chi connectivity index (χ1v) is 12.3. The first-order valence-electron chi connectivity index (χ1n) is 12.3. The molecule has 1 amide bonds. The summed E-state index contributed by atoms with van der Waals surface area (Å²) < 4.78 is 34.2. The first-order chi connectivity index (χ1) is 19.1. The van der Waals surface area contributed by atoms with Gasteiger partial charge in [-0.2, -0.15) is 13.2 Å². The van der Waals surface area contributed by atoms with E-state index in [1.54, 1.807) is 24.3 Å². The van der Waals surface area contributed by atoms with E-state index in [0.717, 1.165) is 21.1 Å². The lowest BCUT2D eigenvalue weighted by atomic mass is 10.1. The molecule has 1 aromatic heterocycles. The normalized spacial score (nSPS) is 11.5. The quantitative estimate of drug-likeness (QED) is 0.154. The summed E-state index contributed by atoms with van der Waals surface area (Å²) in [5.74, 6) is -3.12. The second-order valence-corrected chi connectivity index (χ2v) is 10.1. The fourth-order valence-electron chi connectivity index (χ4n) is 3.98. The van der Waals surface area contributed by atoms with Gasteiger partial charge >= 0.3 is 6.18 Å². The SMILES string of the molecule is C[N+](C)(C)c1ccc(CNC(=O)c2cc3c(O)cccc3n2Cc2cccc(C(=N)N)c2)cc1.O=C([O-])C(F)(F)F. The molecule has 216 valence electrons. The lowest BCUT2D eigenvalue weighted by molar-refractivity contribution is -0.344. The van der Waals surface area contributed by atoms with Crippen molar-refractivity contribution in [3.8, 4) is 5.75 Å². The van der Waals surface area contributed by atoms with Crippen LogP contribution in [0.3, 0.4) is 0 Å². The number of benzene rings is 3. The van der Waals surface area contributed by atoms with Gasteiger partial charge in [0, 0.05) is 24.0 Å². The van der Waals surface area contributed by atoms with E-state index < -0.39 is 12.1 Å². The van der Waals surface area contributed by atoms with E-state index in [1.165, 1.54) is 5.69 Å². The number of halogens is 3. The van der Waals surface area contributed by atoms with Gasteiger partial charge in [0.15, 0.2) is 0 Å². The van der Waals surface area contributed by atoms with Crippen molar-refractivity contribution in [3.63, 3.8) is 0 Å². The third kappa shape index (κ3) is 7.85. The molecule has 0 aliphatic carbocycles. The number of aromatic nitrogens is 1. The zero-order valence-electron chi connectivity index (χ0n) is 22.6. The summed E-state index contributed by atoms with van der Waals surface area (Å²) in [4.78, 5) is 22.0. The van der Waals surface area contributed by atoms with Crippen LogP contribution in [0.5, 0.6) is 5.75 Å². The number of carboxylic acid groups (broad SMARTS) is 1. The van der Waals surface area contributed by atoms with Gasteiger partial charge in [-0.25, -0.2) is 0 Å². The van der Waals surface area contributed by atoms with Gasteiger partial charge in [-0.05, 0) is 47.5 Å². The Morgan fingerprint density at radius 1 is 1.00 bits per heavy atom. The number of phenols is 1. The van der Waals surface area contributed by atoms with Crippen LogP contribution in [0.15, 0.2) is 72.8 Å². The van der Waals surface area contributed by atoms with Crippen molar-refractivity contribution in [3.05, 3.63) is 95.2 Å². The van der Waals surface area contributed by atoms with Crippen molar-refractivity contribution in [1.29, 1.82) is 5.41 Å². The number of nitrogens with zero attached hydrogens (tertiary/aromatic N) is 2. The number of fused-ring (bicyclic) bond motifs is 1. The average Bonchev–Trinajstić information content (AvgIpc) is 3.26. The van der Waals surface area contributed by atoms with Crippen LogP contribution in [0.4, 0.5) is 18.9 Å². The van der Waals surface area contributed by atoms with E-state index in [2.05, 4.69) is 38.6 Å². The van der Waals surface area contributed by atoms with E-state index >= 15 is 0 Å². The van der Waals surface area contributed by atoms with Gasteiger partial charge in [-0.1, -0.05) is 36.4 Å². The van der Waals surface area contributed by atoms with Crippen LogP contribution in [0.1, 0.15) is 27.2 Å². The summed E-state index contributed by atoms with van der Waals surface area (Å²) in [7, 11) is 6.32. The monoisotopic (exact) mass is 569 g/mol. The van der Waals surface area contributed by atoms with E-state index in [0.29, 0.717) is 29.7 Å². The van der Waals surface area contributed by atoms with Crippen molar-refractivity contribution in [2.45, 2.75) is 19.3 Å². The molecule has 0 bridgehead atoms. The molecule has 0 saturated carbocycles. The highest BCUT2D eigenvalue weighted by Crippen LogP contribution is 2.29. The molecule has 4 rings (SSSR count). The van der Waals surface area contributed by atoms with Gasteiger partial charge in [0.2, 0.25) is 0 Å². The molecule has 0 saturated heterocycles. The van der Waals surface area contributed by atoms with E-state index in [4.69, 9.17) is 21.0 Å². The minimum absolute atomic E-state index is 0.00824. The number of aliphatic carboxylic acids is 1. The molecule has 9 nitrogen and oxygen atoms in total. The number of rotatable bonds is 7. The highest BCUT2D eigenvalue weighted by molar-refractivity contribution is 6.00. The Hall–Kier alpha value is -4.84. The Labute approximate surface area is 234 Å². The molecule has 0 fully saturated rings. The summed E-state index contributed by atoms with van der Waals surface area (Å²) in [6, 6.07) is 22.5. The number of hydrogen-bond acceptors (Lipinski definition) is 5. The maximum absolute atomic E-state index is 13.2. The number of carboxylic acids is 1. The number of alkyl halides is 3. The minimum atomic E-state index is -5.19. The lowest BCUT2D eigenvalue weighted by Gasteiger charge is -2.23. The Morgan fingerprint density at radius 2 is 1.61 bits per heavy atom. The van der Waals surface area contributed by atoms with Crippen molar-refractivity contribution >= 4 is 34.3 Å². The van der Waals surface area contributed by atoms with Crippen LogP contribution in [-0.4, -0.2) is 54.7 Å². The number of nitrogens with one attached hydrogen (secondary N) is 2. The van der Waals surface area contributed by atoms with Gasteiger partial charge in [-0.15, -0.1) is 0 Å². The Kier molecular flexibility index (Phi) is 9.08. The first kappa shape index (κ1) is 30.7. The van der Waals surface area contributed by atoms with Crippen LogP contribution in [0.2, 0.25) is 0 Å². The van der Waals surface area contributed by atoms with E-state index in [9.17, 15) is 23.1 Å². The largest absolute Gasteiger partial charge is 0.542 e. The number of nitrogens with two attached hydrogens (primary N) is 1. The van der Waals surface area contributed by atoms with Crippen molar-refractivity contribution < 1.29 is 33.0 Å². The van der Waals surface area contributed by atoms with Gasteiger partial charge in [-0.3, -0.25) is 14.7 Å². The summed E-state index contributed by atoms with van der Waals surface area (Å²) in [5.41, 5.74) is 10.6. The maximum Gasteiger partial charge on any atom is 0.430 e. The Morgan fingerprint density at radius 3 is 2.17 bits per heavy atom. The van der Waals surface area contributed by atoms with Crippen molar-refractivity contribution in [2.75, 3.05) is 21.1 Å². The zero-order chi connectivity index (χ0) is 30.5. The summed E-state index contributed by atoms with van der Waals surface area (Å²) in [6.07, 6.45) is -5.19. The molecule has 0 radical (unpaired) electrons. The average molecular weight is 570 g/mol. The number of aromatic hydroxyl groups is 1. The van der Waals surface area contributed by atoms with Gasteiger partial charge < -0.3 is 30.6 Å². The third-order valence-electron chi connectivity index (χ3n) is 6.13. The van der Waals surface area contributed by atoms with Crippen LogP contribution in [0.25, 0.3) is 10.9 Å². The molecule has 4 aromatic rings. The fourth-order valence-corrected chi connectivity index (χ4v) is 3.98. The van der Waals surface area contributed by atoms with Crippen molar-refractivity contribution in [2.24, 2.45) is 5.73 Å². The molecular weight excluding hydrogens is 539 g/mol. The molecule has 41 heavy (non-hydrogen) atoms. The Bertz CT molecular complexity index is 1570. The van der Waals surface area contributed by atoms with Gasteiger partial charge in [0.05, 0.1) is 26.7 Å². The Balaban J connectivity index is 0.000000587. The summed E-state index contributed by atoms with van der Waals surface area (Å²) in [6.45, 7) is 0.790. The van der Waals surface area contributed by atoms with E-state index in [-0.39, 0.29) is 17.5 Å². The molecule has 3 aromatic carbocycles. The number of carbonyl (C=O) groups is 2. The molecule has 0 aliphatic heterocycles. The molecule has 1 heterocycles. The fraction of sp³-hybridized carbons (Fsp3) is 0.207. The van der Waals surface area contributed by atoms with Crippen LogP contribution >= 0.6 is 0 Å². The predicted molar refractivity (Wildman–Crippen MR) is 148 cm³/mol. The number of phenolic OH excluding ortho intramolecular Hbond substituents is 1. The number of carbonyl (C=O) groups excluding carboxylic acids is 2. The molecule has 0 atom stereocenters. The number of nitrogen functional groups attached to an aromatic ring is 1. The number of amides is 1. The standard InChI is InChI=1S/C27H29N5O2.C2HF3O2/c1-32(2,3)21-12-10-18(11-13-21)16-30-27(34)24-15-22-23(8-5-9-25(22)33)31(24)17-19-6-4-7-20(14-19)26(28)29;3-2(4,5)1(6)7/h4-15H,16-17H2,1-3H3,(H4-,28,29,30,33,34);(H,6,7). The summed E-state index contributed by atoms with van der Waals surface area (Å²) >= 11 is 0. The highest BCUT2D eigenvalue weighted by Gasteiger charge is 2.28. The van der Waals surface area contributed by atoms with Gasteiger partial charge in [0.1, 0.15) is 28.9 Å². The molecule has 12 heteroatoms. The molecule has 5 N–H and O–H groups in total. The van der Waals surface area contributed by atoms with Gasteiger partial charge in [0.25, 0.3) is 5.91 Å². The van der Waals surface area contributed by atoms with Crippen LogP contribution in [-0.2, 0) is 17.9 Å². The third-order valence-corrected chi connectivity index (χ3v) is 6.13. The molecule has 0 unspecified atom stereocenters. The molecular formula is C29H30F3N5O4. The number of amidine groups is 1.